The van der Waals surface area contributed by atoms with Crippen molar-refractivity contribution >= 4 is 23.5 Å². The molecule has 1 amide bonds. The van der Waals surface area contributed by atoms with Gasteiger partial charge in [0.25, 0.3) is 5.56 Å². The van der Waals surface area contributed by atoms with Crippen molar-refractivity contribution in [1.82, 2.24) is 9.78 Å². The van der Waals surface area contributed by atoms with E-state index in [2.05, 4.69) is 10.4 Å². The van der Waals surface area contributed by atoms with Gasteiger partial charge in [0.15, 0.2) is 11.6 Å². The van der Waals surface area contributed by atoms with Gasteiger partial charge in [-0.1, -0.05) is 25.3 Å². The number of thioether (sulfide) groups is 1. The highest BCUT2D eigenvalue weighted by atomic mass is 32.2. The third-order valence-electron chi connectivity index (χ3n) is 5.05. The second-order valence-corrected chi connectivity index (χ2v) is 7.87. The zero-order valence-electron chi connectivity index (χ0n) is 14.1. The van der Waals surface area contributed by atoms with Crippen LogP contribution in [0.2, 0.25) is 0 Å². The van der Waals surface area contributed by atoms with E-state index in [1.165, 1.54) is 24.2 Å². The van der Waals surface area contributed by atoms with Gasteiger partial charge in [-0.05, 0) is 30.5 Å². The van der Waals surface area contributed by atoms with Crippen LogP contribution in [0.1, 0.15) is 54.5 Å². The molecule has 1 saturated carbocycles. The fourth-order valence-electron chi connectivity index (χ4n) is 3.80. The van der Waals surface area contributed by atoms with Crippen LogP contribution in [0.25, 0.3) is 0 Å². The molecule has 4 rings (SSSR count). The van der Waals surface area contributed by atoms with Gasteiger partial charge in [-0.15, -0.1) is 11.8 Å². The van der Waals surface area contributed by atoms with Crippen LogP contribution in [-0.4, -0.2) is 21.4 Å². The van der Waals surface area contributed by atoms with Gasteiger partial charge in [0, 0.05) is 0 Å². The van der Waals surface area contributed by atoms with Gasteiger partial charge in [-0.25, -0.2) is 8.78 Å². The summed E-state index contributed by atoms with van der Waals surface area (Å²) in [5.41, 5.74) is 0.575. The van der Waals surface area contributed by atoms with E-state index < -0.39 is 16.9 Å². The minimum atomic E-state index is -0.962. The first-order chi connectivity index (χ1) is 12.5. The van der Waals surface area contributed by atoms with Crippen molar-refractivity contribution in [1.29, 1.82) is 0 Å². The number of fused-ring (bicyclic) bond motifs is 1. The minimum Gasteiger partial charge on any atom is -0.310 e. The zero-order chi connectivity index (χ0) is 18.3. The molecule has 0 saturated heterocycles. The van der Waals surface area contributed by atoms with E-state index in [0.29, 0.717) is 16.9 Å². The predicted octanol–water partition coefficient (Wildman–Crippen LogP) is 3.73. The lowest BCUT2D eigenvalue weighted by Crippen LogP contribution is -2.21. The van der Waals surface area contributed by atoms with E-state index in [0.717, 1.165) is 37.8 Å². The molecule has 1 aliphatic heterocycles. The molecule has 1 aliphatic carbocycles. The number of halogens is 2. The topological polar surface area (TPSA) is 66.9 Å². The first-order valence-corrected chi connectivity index (χ1v) is 9.80. The molecule has 26 heavy (non-hydrogen) atoms. The molecule has 1 atom stereocenters. The number of aromatic amines is 1. The summed E-state index contributed by atoms with van der Waals surface area (Å²) < 4.78 is 28.8. The maximum Gasteiger partial charge on any atom is 0.270 e. The maximum absolute atomic E-state index is 13.7. The highest BCUT2D eigenvalue weighted by Gasteiger charge is 2.32. The number of amides is 1. The van der Waals surface area contributed by atoms with Crippen molar-refractivity contribution in [2.24, 2.45) is 0 Å². The molecule has 0 bridgehead atoms. The summed E-state index contributed by atoms with van der Waals surface area (Å²) >= 11 is 1.24. The summed E-state index contributed by atoms with van der Waals surface area (Å²) in [6, 6.07) is 3.75. The molecule has 1 aromatic carbocycles. The van der Waals surface area contributed by atoms with Crippen LogP contribution in [0.5, 0.6) is 0 Å². The number of anilines is 1. The highest BCUT2D eigenvalue weighted by molar-refractivity contribution is 8.00. The Morgan fingerprint density at radius 3 is 2.58 bits per heavy atom. The Labute approximate surface area is 153 Å². The monoisotopic (exact) mass is 379 g/mol. The largest absolute Gasteiger partial charge is 0.310 e. The molecule has 5 nitrogen and oxygen atoms in total. The van der Waals surface area contributed by atoms with Gasteiger partial charge in [0.05, 0.1) is 22.6 Å². The first-order valence-electron chi connectivity index (χ1n) is 8.75. The third kappa shape index (κ3) is 3.06. The Hall–Kier alpha value is -2.09. The fraction of sp³-hybridized carbons (Fsp3) is 0.444. The van der Waals surface area contributed by atoms with Gasteiger partial charge < -0.3 is 5.32 Å². The standard InChI is InChI=1S/C18H19F2N3O2S/c19-12-7-6-10(8-13(12)20)16-15-17(21-14(24)9-26-16)23(22-18(15)25)11-4-2-1-3-5-11/h6-8,11,16H,1-5,9H2,(H,21,24)(H,22,25). The number of hydrogen-bond acceptors (Lipinski definition) is 3. The minimum absolute atomic E-state index is 0.134. The van der Waals surface area contributed by atoms with Crippen LogP contribution in [0.4, 0.5) is 14.6 Å². The van der Waals surface area contributed by atoms with Crippen LogP contribution in [-0.2, 0) is 4.79 Å². The predicted molar refractivity (Wildman–Crippen MR) is 96.5 cm³/mol. The molecule has 2 aromatic rings. The van der Waals surface area contributed by atoms with Gasteiger partial charge in [-0.2, -0.15) is 0 Å². The molecular formula is C18H19F2N3O2S. The fourth-order valence-corrected chi connectivity index (χ4v) is 4.91. The SMILES string of the molecule is O=C1CSC(c2ccc(F)c(F)c2)c2c(n(C3CCCCC3)[nH]c2=O)N1. The Kier molecular flexibility index (Phi) is 4.60. The summed E-state index contributed by atoms with van der Waals surface area (Å²) in [6.07, 6.45) is 5.21. The number of aromatic nitrogens is 2. The molecule has 2 N–H and O–H groups in total. The smallest absolute Gasteiger partial charge is 0.270 e. The highest BCUT2D eigenvalue weighted by Crippen LogP contribution is 2.41. The number of nitrogens with zero attached hydrogens (tertiary/aromatic N) is 1. The van der Waals surface area contributed by atoms with Crippen LogP contribution in [0, 0.1) is 11.6 Å². The van der Waals surface area contributed by atoms with Gasteiger partial charge in [0.2, 0.25) is 5.91 Å². The Bertz CT molecular complexity index is 902. The molecule has 2 heterocycles. The van der Waals surface area contributed by atoms with E-state index >= 15 is 0 Å². The molecule has 1 fully saturated rings. The summed E-state index contributed by atoms with van der Waals surface area (Å²) in [5.74, 6) is -1.49. The second kappa shape index (κ2) is 6.90. The van der Waals surface area contributed by atoms with E-state index in [4.69, 9.17) is 0 Å². The maximum atomic E-state index is 13.7. The van der Waals surface area contributed by atoms with Crippen molar-refractivity contribution in [2.75, 3.05) is 11.1 Å². The number of hydrogen-bond donors (Lipinski definition) is 2. The van der Waals surface area contributed by atoms with E-state index in [1.54, 1.807) is 4.68 Å². The summed E-state index contributed by atoms with van der Waals surface area (Å²) in [4.78, 5) is 24.9. The Morgan fingerprint density at radius 2 is 1.85 bits per heavy atom. The normalized spacial score (nSPS) is 21.2. The lowest BCUT2D eigenvalue weighted by Gasteiger charge is -2.24. The lowest BCUT2D eigenvalue weighted by atomic mass is 9.95. The van der Waals surface area contributed by atoms with Crippen molar-refractivity contribution in [3.8, 4) is 0 Å². The van der Waals surface area contributed by atoms with Crippen LogP contribution >= 0.6 is 11.8 Å². The van der Waals surface area contributed by atoms with Crippen molar-refractivity contribution < 1.29 is 13.6 Å². The molecule has 1 unspecified atom stereocenters. The molecule has 138 valence electrons. The van der Waals surface area contributed by atoms with Crippen LogP contribution in [0.15, 0.2) is 23.0 Å². The Balaban J connectivity index is 1.82. The summed E-state index contributed by atoms with van der Waals surface area (Å²) in [6.45, 7) is 0. The van der Waals surface area contributed by atoms with Crippen LogP contribution in [0.3, 0.4) is 0 Å². The van der Waals surface area contributed by atoms with E-state index in [9.17, 15) is 18.4 Å². The van der Waals surface area contributed by atoms with Crippen molar-refractivity contribution in [3.05, 3.63) is 51.3 Å². The van der Waals surface area contributed by atoms with Gasteiger partial charge in [-0.3, -0.25) is 19.4 Å². The first kappa shape index (κ1) is 17.3. The van der Waals surface area contributed by atoms with Crippen molar-refractivity contribution in [2.45, 2.75) is 43.4 Å². The van der Waals surface area contributed by atoms with Gasteiger partial charge >= 0.3 is 0 Å². The second-order valence-electron chi connectivity index (χ2n) is 6.78. The molecule has 8 heteroatoms. The quantitative estimate of drug-likeness (QED) is 0.835. The number of nitrogens with one attached hydrogen (secondary N) is 2. The third-order valence-corrected chi connectivity index (χ3v) is 6.32. The molecule has 1 aromatic heterocycles. The summed E-state index contributed by atoms with van der Waals surface area (Å²) in [7, 11) is 0. The molecular weight excluding hydrogens is 360 g/mol. The average Bonchev–Trinajstić information content (AvgIpc) is 2.84. The van der Waals surface area contributed by atoms with Crippen LogP contribution < -0.4 is 10.9 Å². The summed E-state index contributed by atoms with van der Waals surface area (Å²) in [5, 5.41) is 5.17. The number of carbonyl (C=O) groups is 1. The molecule has 0 radical (unpaired) electrons. The molecule has 2 aliphatic rings. The van der Waals surface area contributed by atoms with Crippen molar-refractivity contribution in [3.63, 3.8) is 0 Å². The zero-order valence-corrected chi connectivity index (χ0v) is 14.9. The van der Waals surface area contributed by atoms with E-state index in [-0.39, 0.29) is 23.3 Å². The number of benzene rings is 1. The molecule has 0 spiro atoms. The number of carbonyl (C=O) groups excluding carboxylic acids is 1. The van der Waals surface area contributed by atoms with E-state index in [1.807, 2.05) is 0 Å². The number of rotatable bonds is 2. The van der Waals surface area contributed by atoms with Gasteiger partial charge in [0.1, 0.15) is 5.82 Å². The average molecular weight is 379 g/mol. The number of H-pyrrole nitrogens is 1. The lowest BCUT2D eigenvalue weighted by molar-refractivity contribution is -0.113. The Morgan fingerprint density at radius 1 is 1.08 bits per heavy atom.